The Labute approximate surface area is 199 Å². The van der Waals surface area contributed by atoms with Gasteiger partial charge in [-0.15, -0.1) is 15.3 Å². The number of hydrogen-bond donors (Lipinski definition) is 0. The first-order valence-corrected chi connectivity index (χ1v) is 11.7. The zero-order valence-corrected chi connectivity index (χ0v) is 18.9. The Balaban J connectivity index is 1.17. The van der Waals surface area contributed by atoms with Gasteiger partial charge < -0.3 is 4.42 Å². The van der Waals surface area contributed by atoms with Crippen molar-refractivity contribution >= 4 is 0 Å². The van der Waals surface area contributed by atoms with Gasteiger partial charge in [0.05, 0.1) is 12.7 Å². The largest absolute Gasteiger partial charge is 0.415 e. The second-order valence-electron chi connectivity index (χ2n) is 9.14. The fourth-order valence-electron chi connectivity index (χ4n) is 4.73. The summed E-state index contributed by atoms with van der Waals surface area (Å²) in [5.74, 6) is -1.48. The molecule has 1 fully saturated rings. The van der Waals surface area contributed by atoms with Crippen LogP contribution in [-0.2, 0) is 19.5 Å². The Morgan fingerprint density at radius 2 is 1.86 bits per heavy atom. The van der Waals surface area contributed by atoms with Crippen molar-refractivity contribution in [2.75, 3.05) is 6.54 Å². The van der Waals surface area contributed by atoms with Crippen LogP contribution in [0.15, 0.2) is 47.0 Å². The van der Waals surface area contributed by atoms with E-state index in [4.69, 9.17) is 4.42 Å². The molecule has 10 heteroatoms. The highest BCUT2D eigenvalue weighted by molar-refractivity contribution is 5.60. The molecule has 0 saturated heterocycles. The van der Waals surface area contributed by atoms with E-state index in [1.54, 1.807) is 23.0 Å². The first-order chi connectivity index (χ1) is 17.0. The smallest absolute Gasteiger partial charge is 0.314 e. The Morgan fingerprint density at radius 1 is 1.00 bits per heavy atom. The number of fused-ring (bicyclic) bond motifs is 1. The predicted octanol–water partition coefficient (Wildman–Crippen LogP) is 5.03. The second kappa shape index (κ2) is 8.92. The van der Waals surface area contributed by atoms with Crippen LogP contribution >= 0.6 is 0 Å². The van der Waals surface area contributed by atoms with Crippen LogP contribution in [0.5, 0.6) is 0 Å². The number of nitrogens with zero attached hydrogens (tertiary/aromatic N) is 6. The topological polar surface area (TPSA) is 72.9 Å². The minimum absolute atomic E-state index is 0.155. The molecule has 0 spiro atoms. The third-order valence-electron chi connectivity index (χ3n) is 6.93. The van der Waals surface area contributed by atoms with Crippen LogP contribution in [0.4, 0.5) is 13.2 Å². The molecule has 2 aromatic heterocycles. The van der Waals surface area contributed by atoms with Gasteiger partial charge in [-0.3, -0.25) is 4.90 Å². The maximum absolute atomic E-state index is 14.7. The first kappa shape index (κ1) is 22.0. The van der Waals surface area contributed by atoms with Crippen molar-refractivity contribution in [2.45, 2.75) is 51.2 Å². The van der Waals surface area contributed by atoms with Gasteiger partial charge in [0.2, 0.25) is 5.89 Å². The van der Waals surface area contributed by atoms with Gasteiger partial charge in [0.15, 0.2) is 0 Å². The van der Waals surface area contributed by atoms with Crippen LogP contribution in [0.3, 0.4) is 0 Å². The molecule has 4 aromatic rings. The highest BCUT2D eigenvalue weighted by atomic mass is 19.3. The maximum atomic E-state index is 14.7. The van der Waals surface area contributed by atoms with Crippen molar-refractivity contribution in [1.29, 1.82) is 0 Å². The van der Waals surface area contributed by atoms with Gasteiger partial charge in [-0.2, -0.15) is 8.78 Å². The standard InChI is InChI=1S/C25H23F3N6O/c26-21-11-17(24-30-31-25(35-24)23(27)28)6-7-18(21)13-34-14-22(29-32-34)16-5-4-15-8-9-33(12-19(15)10-16)20-2-1-3-20/h4-7,10-11,14,20,23H,1-3,8-9,12-13H2. The molecule has 1 aliphatic carbocycles. The summed E-state index contributed by atoms with van der Waals surface area (Å²) in [6.45, 7) is 2.27. The summed E-state index contributed by atoms with van der Waals surface area (Å²) < 4.78 is 46.5. The van der Waals surface area contributed by atoms with E-state index in [-0.39, 0.29) is 18.0 Å². The summed E-state index contributed by atoms with van der Waals surface area (Å²) >= 11 is 0. The van der Waals surface area contributed by atoms with Crippen molar-refractivity contribution in [3.05, 3.63) is 71.0 Å². The quantitative estimate of drug-likeness (QED) is 0.385. The monoisotopic (exact) mass is 480 g/mol. The molecule has 0 unspecified atom stereocenters. The normalized spacial score (nSPS) is 16.5. The highest BCUT2D eigenvalue weighted by Gasteiger charge is 2.28. The van der Waals surface area contributed by atoms with E-state index in [0.29, 0.717) is 5.56 Å². The van der Waals surface area contributed by atoms with Gasteiger partial charge in [-0.1, -0.05) is 29.8 Å². The van der Waals surface area contributed by atoms with Crippen LogP contribution < -0.4 is 0 Å². The van der Waals surface area contributed by atoms with Crippen LogP contribution in [-0.4, -0.2) is 42.7 Å². The van der Waals surface area contributed by atoms with E-state index in [9.17, 15) is 13.2 Å². The Bertz CT molecular complexity index is 1360. The lowest BCUT2D eigenvalue weighted by Gasteiger charge is -2.40. The zero-order valence-electron chi connectivity index (χ0n) is 18.9. The molecule has 2 aliphatic rings. The van der Waals surface area contributed by atoms with Gasteiger partial charge in [0.25, 0.3) is 5.89 Å². The van der Waals surface area contributed by atoms with Crippen molar-refractivity contribution < 1.29 is 17.6 Å². The summed E-state index contributed by atoms with van der Waals surface area (Å²) in [4.78, 5) is 2.58. The number of hydrogen-bond acceptors (Lipinski definition) is 6. The molecule has 0 amide bonds. The van der Waals surface area contributed by atoms with Gasteiger partial charge in [-0.05, 0) is 48.6 Å². The minimum atomic E-state index is -2.88. The van der Waals surface area contributed by atoms with Gasteiger partial charge >= 0.3 is 6.43 Å². The van der Waals surface area contributed by atoms with E-state index in [2.05, 4.69) is 43.6 Å². The van der Waals surface area contributed by atoms with Crippen LogP contribution in [0.1, 0.15) is 48.3 Å². The molecular formula is C25H23F3N6O. The first-order valence-electron chi connectivity index (χ1n) is 11.7. The van der Waals surface area contributed by atoms with Gasteiger partial charge in [0, 0.05) is 35.8 Å². The molecule has 35 heavy (non-hydrogen) atoms. The molecule has 1 saturated carbocycles. The molecule has 180 valence electrons. The fraction of sp³-hybridized carbons (Fsp3) is 0.360. The number of aromatic nitrogens is 5. The Kier molecular flexibility index (Phi) is 5.60. The van der Waals surface area contributed by atoms with Crippen LogP contribution in [0, 0.1) is 5.82 Å². The van der Waals surface area contributed by atoms with Crippen molar-refractivity contribution in [1.82, 2.24) is 30.1 Å². The molecule has 0 N–H and O–H groups in total. The third-order valence-corrected chi connectivity index (χ3v) is 6.93. The Hall–Kier alpha value is -3.53. The molecule has 3 heterocycles. The van der Waals surface area contributed by atoms with Crippen molar-refractivity contribution in [2.24, 2.45) is 0 Å². The number of rotatable bonds is 6. The SMILES string of the molecule is Fc1cc(-c2nnc(C(F)F)o2)ccc1Cn1cc(-c2ccc3c(c2)CN(C2CCC2)CC3)nn1. The fourth-order valence-corrected chi connectivity index (χ4v) is 4.73. The lowest BCUT2D eigenvalue weighted by Crippen LogP contribution is -2.42. The summed E-state index contributed by atoms with van der Waals surface area (Å²) in [7, 11) is 0. The molecule has 6 rings (SSSR count). The molecule has 0 radical (unpaired) electrons. The van der Waals surface area contributed by atoms with Crippen molar-refractivity contribution in [3.63, 3.8) is 0 Å². The van der Waals surface area contributed by atoms with Gasteiger partial charge in [-0.25, -0.2) is 9.07 Å². The third kappa shape index (κ3) is 4.34. The number of halogens is 3. The van der Waals surface area contributed by atoms with E-state index in [1.807, 2.05) is 0 Å². The highest BCUT2D eigenvalue weighted by Crippen LogP contribution is 2.31. The van der Waals surface area contributed by atoms with E-state index >= 15 is 0 Å². The summed E-state index contributed by atoms with van der Waals surface area (Å²) in [6.07, 6.45) is 3.92. The second-order valence-corrected chi connectivity index (χ2v) is 9.14. The van der Waals surface area contributed by atoms with Crippen LogP contribution in [0.25, 0.3) is 22.7 Å². The van der Waals surface area contributed by atoms with E-state index in [0.717, 1.165) is 36.8 Å². The molecular weight excluding hydrogens is 457 g/mol. The summed E-state index contributed by atoms with van der Waals surface area (Å²) in [6, 6.07) is 11.5. The van der Waals surface area contributed by atoms with Crippen molar-refractivity contribution in [3.8, 4) is 22.7 Å². The lowest BCUT2D eigenvalue weighted by molar-refractivity contribution is 0.113. The molecule has 2 aromatic carbocycles. The lowest BCUT2D eigenvalue weighted by atomic mass is 9.88. The summed E-state index contributed by atoms with van der Waals surface area (Å²) in [5, 5.41) is 15.3. The molecule has 0 bridgehead atoms. The van der Waals surface area contributed by atoms with E-state index < -0.39 is 18.1 Å². The maximum Gasteiger partial charge on any atom is 0.314 e. The molecule has 7 nitrogen and oxygen atoms in total. The average molecular weight is 480 g/mol. The van der Waals surface area contributed by atoms with Gasteiger partial charge in [0.1, 0.15) is 11.5 Å². The predicted molar refractivity (Wildman–Crippen MR) is 121 cm³/mol. The van der Waals surface area contributed by atoms with E-state index in [1.165, 1.54) is 36.5 Å². The van der Waals surface area contributed by atoms with Crippen LogP contribution in [0.2, 0.25) is 0 Å². The Morgan fingerprint density at radius 3 is 2.60 bits per heavy atom. The minimum Gasteiger partial charge on any atom is -0.415 e. The zero-order chi connectivity index (χ0) is 23.9. The number of benzene rings is 2. The molecule has 0 atom stereocenters. The molecule has 1 aliphatic heterocycles. The average Bonchev–Trinajstić information content (AvgIpc) is 3.49. The number of alkyl halides is 2. The summed E-state index contributed by atoms with van der Waals surface area (Å²) in [5.41, 5.74) is 5.06.